The third-order valence-corrected chi connectivity index (χ3v) is 3.37. The molecule has 0 aliphatic carbocycles. The molecule has 2 aromatic rings. The van der Waals surface area contributed by atoms with E-state index in [1.165, 1.54) is 23.1 Å². The minimum Gasteiger partial charge on any atom is -0.348 e. The van der Waals surface area contributed by atoms with E-state index in [-0.39, 0.29) is 17.6 Å². The maximum atomic E-state index is 12.8. The van der Waals surface area contributed by atoms with Crippen LogP contribution in [0.2, 0.25) is 0 Å². The van der Waals surface area contributed by atoms with Gasteiger partial charge in [0, 0.05) is 32.3 Å². The van der Waals surface area contributed by atoms with Gasteiger partial charge in [-0.3, -0.25) is 9.59 Å². The van der Waals surface area contributed by atoms with Crippen molar-refractivity contribution in [3.8, 4) is 0 Å². The van der Waals surface area contributed by atoms with Crippen molar-refractivity contribution in [2.24, 2.45) is 0 Å². The van der Waals surface area contributed by atoms with Crippen molar-refractivity contribution >= 4 is 17.9 Å². The zero-order valence-corrected chi connectivity index (χ0v) is 13.6. The molecule has 2 rings (SSSR count). The fourth-order valence-corrected chi connectivity index (χ4v) is 2.02. The zero-order valence-electron chi connectivity index (χ0n) is 13.6. The van der Waals surface area contributed by atoms with Gasteiger partial charge < -0.3 is 10.2 Å². The van der Waals surface area contributed by atoms with Crippen LogP contribution in [-0.2, 0) is 11.3 Å². The van der Waals surface area contributed by atoms with Crippen LogP contribution in [0.4, 0.5) is 4.39 Å². The lowest BCUT2D eigenvalue weighted by molar-refractivity contribution is -0.116. The topological polar surface area (TPSA) is 49.4 Å². The number of nitrogens with zero attached hydrogens (tertiary/aromatic N) is 1. The molecule has 0 heterocycles. The number of amides is 2. The molecule has 124 valence electrons. The average Bonchev–Trinajstić information content (AvgIpc) is 2.59. The lowest BCUT2D eigenvalue weighted by Crippen LogP contribution is -2.21. The molecule has 0 atom stereocenters. The van der Waals surface area contributed by atoms with Gasteiger partial charge in [0.25, 0.3) is 5.91 Å². The van der Waals surface area contributed by atoms with Crippen molar-refractivity contribution in [1.82, 2.24) is 10.2 Å². The Morgan fingerprint density at radius 2 is 1.67 bits per heavy atom. The highest BCUT2D eigenvalue weighted by Gasteiger charge is 2.06. The molecular weight excluding hydrogens is 307 g/mol. The van der Waals surface area contributed by atoms with Crippen LogP contribution in [0.5, 0.6) is 0 Å². The first-order chi connectivity index (χ1) is 11.5. The van der Waals surface area contributed by atoms with Gasteiger partial charge in [0.1, 0.15) is 5.82 Å². The molecule has 5 heteroatoms. The molecule has 0 unspecified atom stereocenters. The number of carbonyl (C=O) groups is 2. The summed E-state index contributed by atoms with van der Waals surface area (Å²) in [5, 5.41) is 2.72. The molecule has 0 saturated heterocycles. The first kappa shape index (κ1) is 17.4. The number of carbonyl (C=O) groups excluding carboxylic acids is 2. The summed E-state index contributed by atoms with van der Waals surface area (Å²) in [6.45, 7) is 0.333. The van der Waals surface area contributed by atoms with E-state index in [1.807, 2.05) is 0 Å². The Morgan fingerprint density at radius 1 is 1.04 bits per heavy atom. The van der Waals surface area contributed by atoms with Gasteiger partial charge in [-0.25, -0.2) is 4.39 Å². The molecule has 2 amide bonds. The molecular formula is C19H19FN2O2. The first-order valence-electron chi connectivity index (χ1n) is 7.48. The minimum absolute atomic E-state index is 0.0671. The summed E-state index contributed by atoms with van der Waals surface area (Å²) >= 11 is 0. The highest BCUT2D eigenvalue weighted by molar-refractivity contribution is 5.94. The number of halogens is 1. The van der Waals surface area contributed by atoms with Crippen LogP contribution >= 0.6 is 0 Å². The molecule has 0 radical (unpaired) electrons. The number of nitrogens with one attached hydrogen (secondary N) is 1. The van der Waals surface area contributed by atoms with Crippen LogP contribution in [0.15, 0.2) is 54.6 Å². The van der Waals surface area contributed by atoms with E-state index >= 15 is 0 Å². The van der Waals surface area contributed by atoms with Crippen LogP contribution in [0, 0.1) is 5.82 Å². The molecule has 1 N–H and O–H groups in total. The normalized spacial score (nSPS) is 10.6. The molecule has 2 aromatic carbocycles. The van der Waals surface area contributed by atoms with Gasteiger partial charge in [-0.15, -0.1) is 0 Å². The molecule has 0 saturated carbocycles. The summed E-state index contributed by atoms with van der Waals surface area (Å²) in [4.78, 5) is 25.1. The number of benzene rings is 2. The SMILES string of the molecule is CN(C)C(=O)c1ccc(/C=C/C(=O)NCc2ccc(F)cc2)cc1. The Kier molecular flexibility index (Phi) is 5.84. The molecule has 0 aromatic heterocycles. The molecule has 0 aliphatic rings. The van der Waals surface area contributed by atoms with Crippen molar-refractivity contribution in [3.05, 3.63) is 77.1 Å². The highest BCUT2D eigenvalue weighted by Crippen LogP contribution is 2.08. The van der Waals surface area contributed by atoms with E-state index in [0.717, 1.165) is 11.1 Å². The second-order valence-corrected chi connectivity index (χ2v) is 5.50. The van der Waals surface area contributed by atoms with Gasteiger partial charge in [0.2, 0.25) is 5.91 Å². The lowest BCUT2D eigenvalue weighted by Gasteiger charge is -2.09. The summed E-state index contributed by atoms with van der Waals surface area (Å²) in [5.74, 6) is -0.614. The Bertz CT molecular complexity index is 735. The van der Waals surface area contributed by atoms with E-state index in [9.17, 15) is 14.0 Å². The molecule has 24 heavy (non-hydrogen) atoms. The molecule has 0 spiro atoms. The van der Waals surface area contributed by atoms with Gasteiger partial charge in [0.15, 0.2) is 0 Å². The second kappa shape index (κ2) is 8.06. The standard InChI is InChI=1S/C19H19FN2O2/c1-22(2)19(24)16-8-3-14(4-9-16)7-12-18(23)21-13-15-5-10-17(20)11-6-15/h3-12H,13H2,1-2H3,(H,21,23)/b12-7+. The summed E-state index contributed by atoms with van der Waals surface area (Å²) in [6, 6.07) is 13.0. The van der Waals surface area contributed by atoms with Crippen molar-refractivity contribution < 1.29 is 14.0 Å². The van der Waals surface area contributed by atoms with E-state index in [0.29, 0.717) is 12.1 Å². The monoisotopic (exact) mass is 326 g/mol. The van der Waals surface area contributed by atoms with Gasteiger partial charge >= 0.3 is 0 Å². The summed E-state index contributed by atoms with van der Waals surface area (Å²) in [7, 11) is 3.39. The molecule has 0 bridgehead atoms. The van der Waals surface area contributed by atoms with Crippen LogP contribution in [-0.4, -0.2) is 30.8 Å². The second-order valence-electron chi connectivity index (χ2n) is 5.50. The van der Waals surface area contributed by atoms with Crippen LogP contribution in [0.1, 0.15) is 21.5 Å². The van der Waals surface area contributed by atoms with E-state index in [4.69, 9.17) is 0 Å². The quantitative estimate of drug-likeness (QED) is 0.859. The fraction of sp³-hybridized carbons (Fsp3) is 0.158. The third kappa shape index (κ3) is 5.05. The van der Waals surface area contributed by atoms with Crippen molar-refractivity contribution in [2.75, 3.05) is 14.1 Å². The average molecular weight is 326 g/mol. The van der Waals surface area contributed by atoms with Crippen molar-refractivity contribution in [1.29, 1.82) is 0 Å². The Morgan fingerprint density at radius 3 is 2.25 bits per heavy atom. The largest absolute Gasteiger partial charge is 0.348 e. The van der Waals surface area contributed by atoms with Crippen LogP contribution in [0.25, 0.3) is 6.08 Å². The Hall–Kier alpha value is -2.95. The summed E-state index contributed by atoms with van der Waals surface area (Å²) in [5.41, 5.74) is 2.24. The maximum absolute atomic E-state index is 12.8. The Labute approximate surface area is 140 Å². The van der Waals surface area contributed by atoms with Gasteiger partial charge in [-0.2, -0.15) is 0 Å². The fourth-order valence-electron chi connectivity index (χ4n) is 2.02. The Balaban J connectivity index is 1.89. The van der Waals surface area contributed by atoms with E-state index in [1.54, 1.807) is 56.6 Å². The summed E-state index contributed by atoms with van der Waals surface area (Å²) < 4.78 is 12.8. The molecule has 4 nitrogen and oxygen atoms in total. The van der Waals surface area contributed by atoms with Crippen LogP contribution < -0.4 is 5.32 Å². The van der Waals surface area contributed by atoms with Gasteiger partial charge in [0.05, 0.1) is 0 Å². The lowest BCUT2D eigenvalue weighted by atomic mass is 10.1. The number of hydrogen-bond acceptors (Lipinski definition) is 2. The smallest absolute Gasteiger partial charge is 0.253 e. The van der Waals surface area contributed by atoms with Gasteiger partial charge in [-0.1, -0.05) is 24.3 Å². The van der Waals surface area contributed by atoms with Crippen molar-refractivity contribution in [2.45, 2.75) is 6.54 Å². The predicted octanol–water partition coefficient (Wildman–Crippen LogP) is 2.86. The van der Waals surface area contributed by atoms with Crippen LogP contribution in [0.3, 0.4) is 0 Å². The van der Waals surface area contributed by atoms with E-state index in [2.05, 4.69) is 5.32 Å². The predicted molar refractivity (Wildman–Crippen MR) is 91.7 cm³/mol. The zero-order chi connectivity index (χ0) is 17.5. The van der Waals surface area contributed by atoms with Gasteiger partial charge in [-0.05, 0) is 41.5 Å². The molecule has 0 fully saturated rings. The maximum Gasteiger partial charge on any atom is 0.253 e. The first-order valence-corrected chi connectivity index (χ1v) is 7.48. The number of hydrogen-bond donors (Lipinski definition) is 1. The third-order valence-electron chi connectivity index (χ3n) is 3.37. The summed E-state index contributed by atoms with van der Waals surface area (Å²) in [6.07, 6.45) is 3.09. The minimum atomic E-state index is -0.304. The highest BCUT2D eigenvalue weighted by atomic mass is 19.1. The molecule has 0 aliphatic heterocycles. The number of rotatable bonds is 5. The van der Waals surface area contributed by atoms with E-state index < -0.39 is 0 Å². The van der Waals surface area contributed by atoms with Crippen molar-refractivity contribution in [3.63, 3.8) is 0 Å².